The Morgan fingerprint density at radius 1 is 1.15 bits per heavy atom. The number of rotatable bonds is 5. The molecule has 2 fully saturated rings. The van der Waals surface area contributed by atoms with Crippen molar-refractivity contribution in [3.63, 3.8) is 0 Å². The van der Waals surface area contributed by atoms with Gasteiger partial charge < -0.3 is 10.2 Å². The second-order valence-electron chi connectivity index (χ2n) is 10.7. The molecule has 0 unspecified atom stereocenters. The topological polar surface area (TPSA) is 78.1 Å². The summed E-state index contributed by atoms with van der Waals surface area (Å²) in [5, 5.41) is 10.9. The molecule has 1 spiro atoms. The highest BCUT2D eigenvalue weighted by Gasteiger charge is 2.49. The first kappa shape index (κ1) is 20.0. The van der Waals surface area contributed by atoms with Crippen LogP contribution in [0.5, 0.6) is 0 Å². The van der Waals surface area contributed by atoms with Crippen LogP contribution in [-0.2, 0) is 19.4 Å². The Balaban J connectivity index is 1.11. The average molecular weight is 453 g/mol. The highest BCUT2D eigenvalue weighted by atomic mass is 16.2. The van der Waals surface area contributed by atoms with Crippen molar-refractivity contribution in [2.45, 2.75) is 64.1 Å². The second-order valence-corrected chi connectivity index (χ2v) is 10.7. The fourth-order valence-electron chi connectivity index (χ4n) is 5.71. The molecule has 2 amide bonds. The molecule has 7 rings (SSSR count). The van der Waals surface area contributed by atoms with Crippen LogP contribution in [0.4, 0.5) is 0 Å². The summed E-state index contributed by atoms with van der Waals surface area (Å²) in [5.74, 6) is 0.0464. The van der Waals surface area contributed by atoms with Gasteiger partial charge in [0.25, 0.3) is 11.8 Å². The Kier molecular flexibility index (Phi) is 4.15. The van der Waals surface area contributed by atoms with Gasteiger partial charge in [0, 0.05) is 40.5 Å². The monoisotopic (exact) mass is 452 g/mol. The van der Waals surface area contributed by atoms with Crippen LogP contribution in [0, 0.1) is 5.41 Å². The number of benzene rings is 2. The van der Waals surface area contributed by atoms with Crippen LogP contribution in [0.1, 0.15) is 81.7 Å². The summed E-state index contributed by atoms with van der Waals surface area (Å²) >= 11 is 0. The number of hydrogen-bond donors (Lipinski definition) is 2. The van der Waals surface area contributed by atoms with Crippen LogP contribution < -0.4 is 5.32 Å². The minimum Gasteiger partial charge on any atom is -0.349 e. The van der Waals surface area contributed by atoms with Crippen LogP contribution in [-0.4, -0.2) is 33.0 Å². The van der Waals surface area contributed by atoms with E-state index >= 15 is 0 Å². The minimum absolute atomic E-state index is 0.0173. The minimum atomic E-state index is -0.0757. The Morgan fingerprint density at radius 2 is 1.94 bits per heavy atom. The highest BCUT2D eigenvalue weighted by molar-refractivity contribution is 5.99. The van der Waals surface area contributed by atoms with E-state index in [4.69, 9.17) is 0 Å². The highest BCUT2D eigenvalue weighted by Crippen LogP contribution is 2.56. The maximum atomic E-state index is 13.2. The first-order valence-corrected chi connectivity index (χ1v) is 12.4. The van der Waals surface area contributed by atoms with E-state index in [1.807, 2.05) is 41.3 Å². The third-order valence-corrected chi connectivity index (χ3v) is 8.26. The normalized spacial score (nSPS) is 20.4. The number of fused-ring (bicyclic) bond motifs is 2. The molecule has 0 saturated heterocycles. The van der Waals surface area contributed by atoms with Gasteiger partial charge in [0.15, 0.2) is 0 Å². The molecule has 0 bridgehead atoms. The van der Waals surface area contributed by atoms with E-state index in [9.17, 15) is 9.59 Å². The molecular formula is C28H28N4O2. The van der Waals surface area contributed by atoms with Crippen molar-refractivity contribution in [1.82, 2.24) is 20.4 Å². The van der Waals surface area contributed by atoms with E-state index in [2.05, 4.69) is 28.5 Å². The number of aromatic nitrogens is 2. The molecule has 2 N–H and O–H groups in total. The lowest BCUT2D eigenvalue weighted by Gasteiger charge is -2.24. The number of nitrogens with one attached hydrogen (secondary N) is 2. The number of carbonyl (C=O) groups excluding carboxylic acids is 2. The van der Waals surface area contributed by atoms with Gasteiger partial charge in [-0.3, -0.25) is 14.7 Å². The molecule has 2 saturated carbocycles. The Morgan fingerprint density at radius 3 is 2.68 bits per heavy atom. The van der Waals surface area contributed by atoms with Crippen LogP contribution in [0.15, 0.2) is 42.5 Å². The molecule has 3 aliphatic carbocycles. The molecule has 4 aliphatic rings. The Hall–Kier alpha value is -3.41. The molecule has 2 heterocycles. The predicted octanol–water partition coefficient (Wildman–Crippen LogP) is 4.56. The van der Waals surface area contributed by atoms with Gasteiger partial charge in [-0.15, -0.1) is 0 Å². The van der Waals surface area contributed by atoms with Gasteiger partial charge >= 0.3 is 0 Å². The molecule has 3 aromatic rings. The van der Waals surface area contributed by atoms with Crippen LogP contribution in [0.3, 0.4) is 0 Å². The van der Waals surface area contributed by atoms with Gasteiger partial charge in [-0.05, 0) is 86.3 Å². The van der Waals surface area contributed by atoms with Gasteiger partial charge in [0.05, 0.1) is 11.7 Å². The maximum Gasteiger partial charge on any atom is 0.255 e. The fraction of sp³-hybridized carbons (Fsp3) is 0.393. The second kappa shape index (κ2) is 7.05. The van der Waals surface area contributed by atoms with Crippen molar-refractivity contribution < 1.29 is 9.59 Å². The quantitative estimate of drug-likeness (QED) is 0.596. The Bertz CT molecular complexity index is 1330. The average Bonchev–Trinajstić information content (AvgIpc) is 3.70. The van der Waals surface area contributed by atoms with Gasteiger partial charge in [-0.25, -0.2) is 0 Å². The predicted molar refractivity (Wildman–Crippen MR) is 128 cm³/mol. The van der Waals surface area contributed by atoms with Crippen molar-refractivity contribution in [1.29, 1.82) is 0 Å². The Labute approximate surface area is 198 Å². The summed E-state index contributed by atoms with van der Waals surface area (Å²) in [5.41, 5.74) is 8.88. The fourth-order valence-corrected chi connectivity index (χ4v) is 5.71. The van der Waals surface area contributed by atoms with E-state index in [1.54, 1.807) is 0 Å². The first-order chi connectivity index (χ1) is 16.5. The number of hydrogen-bond acceptors (Lipinski definition) is 3. The molecule has 1 aromatic heterocycles. The molecule has 34 heavy (non-hydrogen) atoms. The van der Waals surface area contributed by atoms with E-state index in [-0.39, 0.29) is 17.9 Å². The lowest BCUT2D eigenvalue weighted by atomic mass is 9.99. The molecule has 6 nitrogen and oxygen atoms in total. The number of aromatic amines is 1. The summed E-state index contributed by atoms with van der Waals surface area (Å²) < 4.78 is 0. The van der Waals surface area contributed by atoms with Crippen LogP contribution >= 0.6 is 0 Å². The largest absolute Gasteiger partial charge is 0.349 e. The zero-order chi connectivity index (χ0) is 23.0. The third-order valence-electron chi connectivity index (χ3n) is 8.26. The molecule has 1 atom stereocenters. The van der Waals surface area contributed by atoms with Crippen molar-refractivity contribution in [2.24, 2.45) is 5.41 Å². The van der Waals surface area contributed by atoms with Crippen molar-refractivity contribution in [3.8, 4) is 11.3 Å². The molecule has 1 aliphatic heterocycles. The van der Waals surface area contributed by atoms with Crippen LogP contribution in [0.25, 0.3) is 11.3 Å². The molecule has 6 heteroatoms. The first-order valence-electron chi connectivity index (χ1n) is 12.4. The standard InChI is InChI=1S/C28H28N4O2/c1-16(17-2-4-18(5-3-17)26(33)29-21-7-8-21)32-15-20-12-19(6-9-22(20)27(32)34)25-23-13-28(10-11-28)14-24(23)30-31-25/h2-6,9,12,16,21H,7-8,10-11,13-15H2,1H3,(H,29,33)(H,30,31)/t16-/m1/s1. The van der Waals surface area contributed by atoms with Gasteiger partial charge in [-0.2, -0.15) is 5.10 Å². The van der Waals surface area contributed by atoms with Crippen molar-refractivity contribution >= 4 is 11.8 Å². The van der Waals surface area contributed by atoms with E-state index in [0.717, 1.165) is 53.6 Å². The van der Waals surface area contributed by atoms with Crippen molar-refractivity contribution in [2.75, 3.05) is 0 Å². The number of H-pyrrole nitrogens is 1. The smallest absolute Gasteiger partial charge is 0.255 e. The summed E-state index contributed by atoms with van der Waals surface area (Å²) in [6.45, 7) is 2.64. The molecular weight excluding hydrogens is 424 g/mol. The lowest BCUT2D eigenvalue weighted by Crippen LogP contribution is -2.27. The molecule has 2 aromatic carbocycles. The summed E-state index contributed by atoms with van der Waals surface area (Å²) in [4.78, 5) is 27.4. The number of amides is 2. The summed E-state index contributed by atoms with van der Waals surface area (Å²) in [6, 6.07) is 14.1. The summed E-state index contributed by atoms with van der Waals surface area (Å²) in [6.07, 6.45) is 7.06. The van der Waals surface area contributed by atoms with Crippen LogP contribution in [0.2, 0.25) is 0 Å². The van der Waals surface area contributed by atoms with Gasteiger partial charge in [0.1, 0.15) is 0 Å². The van der Waals surface area contributed by atoms with Gasteiger partial charge in [0.2, 0.25) is 0 Å². The zero-order valence-electron chi connectivity index (χ0n) is 19.4. The number of carbonyl (C=O) groups is 2. The third kappa shape index (κ3) is 3.19. The molecule has 172 valence electrons. The summed E-state index contributed by atoms with van der Waals surface area (Å²) in [7, 11) is 0. The van der Waals surface area contributed by atoms with E-state index in [0.29, 0.717) is 23.6 Å². The SMILES string of the molecule is C[C@H](c1ccc(C(=O)NC2CC2)cc1)N1Cc2cc(-c3n[nH]c4c3CC3(CC3)C4)ccc2C1=O. The zero-order valence-corrected chi connectivity index (χ0v) is 19.4. The lowest BCUT2D eigenvalue weighted by molar-refractivity contribution is 0.0715. The maximum absolute atomic E-state index is 13.2. The van der Waals surface area contributed by atoms with E-state index < -0.39 is 0 Å². The van der Waals surface area contributed by atoms with Crippen molar-refractivity contribution in [3.05, 3.63) is 76.0 Å². The molecule has 0 radical (unpaired) electrons. The van der Waals surface area contributed by atoms with E-state index in [1.165, 1.54) is 24.1 Å². The number of nitrogens with zero attached hydrogens (tertiary/aromatic N) is 2. The van der Waals surface area contributed by atoms with Gasteiger partial charge in [-0.1, -0.05) is 18.2 Å².